The van der Waals surface area contributed by atoms with Crippen molar-refractivity contribution in [3.8, 4) is 12.1 Å². The summed E-state index contributed by atoms with van der Waals surface area (Å²) in [5.74, 6) is -2.08. The molecule has 0 bridgehead atoms. The molecule has 0 saturated carbocycles. The fraction of sp³-hybridized carbons (Fsp3) is 0.222. The van der Waals surface area contributed by atoms with Crippen LogP contribution in [-0.4, -0.2) is 22.5 Å². The number of imidazole rings is 1. The monoisotopic (exact) mass is 202 g/mol. The van der Waals surface area contributed by atoms with Gasteiger partial charge in [-0.15, -0.1) is 0 Å². The number of nitriles is 2. The number of carbonyl (C=O) groups excluding carboxylic acids is 2. The zero-order valence-corrected chi connectivity index (χ0v) is 7.54. The van der Waals surface area contributed by atoms with Gasteiger partial charge >= 0.3 is 0 Å². The second-order valence-corrected chi connectivity index (χ2v) is 2.69. The van der Waals surface area contributed by atoms with E-state index in [1.807, 2.05) is 0 Å². The van der Waals surface area contributed by atoms with Gasteiger partial charge in [-0.3, -0.25) is 0 Å². The first-order valence-electron chi connectivity index (χ1n) is 4.01. The lowest BCUT2D eigenvalue weighted by atomic mass is 10.0. The molecule has 1 aromatic rings. The molecule has 2 unspecified atom stereocenters. The van der Waals surface area contributed by atoms with E-state index in [-0.39, 0.29) is 11.4 Å². The lowest BCUT2D eigenvalue weighted by molar-refractivity contribution is -0.109. The standard InChI is InChI=1S/C9H6N4O2/c10-1-6(3-14)8-9(13-5-12-8)7(2-11)4-15/h3-7H,(H,12,13). The van der Waals surface area contributed by atoms with E-state index < -0.39 is 11.8 Å². The first-order valence-corrected chi connectivity index (χ1v) is 4.01. The Balaban J connectivity index is 3.18. The van der Waals surface area contributed by atoms with Gasteiger partial charge in [0.2, 0.25) is 0 Å². The molecule has 74 valence electrons. The smallest absolute Gasteiger partial charge is 0.145 e. The van der Waals surface area contributed by atoms with Crippen LogP contribution in [0.1, 0.15) is 23.2 Å². The third kappa shape index (κ3) is 1.89. The van der Waals surface area contributed by atoms with Crippen molar-refractivity contribution < 1.29 is 9.59 Å². The van der Waals surface area contributed by atoms with Crippen LogP contribution in [0.4, 0.5) is 0 Å². The number of hydrogen-bond donors (Lipinski definition) is 1. The Morgan fingerprint density at radius 3 is 2.33 bits per heavy atom. The number of H-pyrrole nitrogens is 1. The van der Waals surface area contributed by atoms with E-state index >= 15 is 0 Å². The van der Waals surface area contributed by atoms with Gasteiger partial charge < -0.3 is 14.6 Å². The molecule has 0 fully saturated rings. The van der Waals surface area contributed by atoms with Crippen molar-refractivity contribution in [1.29, 1.82) is 10.5 Å². The molecule has 0 radical (unpaired) electrons. The molecule has 0 aliphatic rings. The van der Waals surface area contributed by atoms with Gasteiger partial charge in [0.1, 0.15) is 24.4 Å². The SMILES string of the molecule is N#CC(C=O)c1nc[nH]c1C(C#N)C=O. The van der Waals surface area contributed by atoms with Crippen LogP contribution in [0.5, 0.6) is 0 Å². The molecular weight excluding hydrogens is 196 g/mol. The molecule has 1 aromatic heterocycles. The van der Waals surface area contributed by atoms with Crippen LogP contribution >= 0.6 is 0 Å². The van der Waals surface area contributed by atoms with Gasteiger partial charge in [-0.25, -0.2) is 4.98 Å². The highest BCUT2D eigenvalue weighted by Gasteiger charge is 2.22. The number of carbonyl (C=O) groups is 2. The summed E-state index contributed by atoms with van der Waals surface area (Å²) in [6.07, 6.45) is 2.08. The van der Waals surface area contributed by atoms with E-state index in [2.05, 4.69) is 9.97 Å². The van der Waals surface area contributed by atoms with E-state index in [0.717, 1.165) is 0 Å². The molecule has 15 heavy (non-hydrogen) atoms. The van der Waals surface area contributed by atoms with E-state index in [1.165, 1.54) is 6.33 Å². The molecule has 1 rings (SSSR count). The molecule has 0 aromatic carbocycles. The Kier molecular flexibility index (Phi) is 3.31. The third-order valence-corrected chi connectivity index (χ3v) is 1.86. The molecule has 0 spiro atoms. The Bertz CT molecular complexity index is 411. The van der Waals surface area contributed by atoms with E-state index in [0.29, 0.717) is 12.6 Å². The quantitative estimate of drug-likeness (QED) is 0.692. The molecule has 0 amide bonds. The summed E-state index contributed by atoms with van der Waals surface area (Å²) >= 11 is 0. The van der Waals surface area contributed by atoms with E-state index in [9.17, 15) is 9.59 Å². The minimum Gasteiger partial charge on any atom is -0.347 e. The normalized spacial score (nSPS) is 13.2. The first-order chi connectivity index (χ1) is 7.28. The Hall–Kier alpha value is -2.47. The lowest BCUT2D eigenvalue weighted by Gasteiger charge is -2.02. The maximum atomic E-state index is 10.5. The second-order valence-electron chi connectivity index (χ2n) is 2.69. The van der Waals surface area contributed by atoms with Crippen LogP contribution in [0, 0.1) is 22.7 Å². The molecular formula is C9H6N4O2. The Morgan fingerprint density at radius 2 is 1.87 bits per heavy atom. The van der Waals surface area contributed by atoms with Gasteiger partial charge in [-0.05, 0) is 0 Å². The topological polar surface area (TPSA) is 110 Å². The predicted octanol–water partition coefficient (Wildman–Crippen LogP) is 0.0219. The molecule has 0 aliphatic carbocycles. The molecule has 0 saturated heterocycles. The number of nitrogens with zero attached hydrogens (tertiary/aromatic N) is 3. The van der Waals surface area contributed by atoms with Crippen molar-refractivity contribution in [2.75, 3.05) is 0 Å². The second kappa shape index (κ2) is 4.68. The number of nitrogens with one attached hydrogen (secondary N) is 1. The minimum atomic E-state index is -1.05. The maximum Gasteiger partial charge on any atom is 0.145 e. The highest BCUT2D eigenvalue weighted by atomic mass is 16.1. The number of aromatic amines is 1. The summed E-state index contributed by atoms with van der Waals surface area (Å²) in [5, 5.41) is 17.3. The van der Waals surface area contributed by atoms with Crippen LogP contribution in [0.15, 0.2) is 6.33 Å². The Labute approximate surface area is 85.2 Å². The van der Waals surface area contributed by atoms with Gasteiger partial charge in [-0.1, -0.05) is 0 Å². The van der Waals surface area contributed by atoms with Crippen molar-refractivity contribution in [1.82, 2.24) is 9.97 Å². The van der Waals surface area contributed by atoms with Gasteiger partial charge in [0.25, 0.3) is 0 Å². The van der Waals surface area contributed by atoms with Gasteiger partial charge in [0.15, 0.2) is 0 Å². The summed E-state index contributed by atoms with van der Waals surface area (Å²) in [4.78, 5) is 27.4. The van der Waals surface area contributed by atoms with E-state index in [4.69, 9.17) is 10.5 Å². The molecule has 1 heterocycles. The van der Waals surface area contributed by atoms with Crippen molar-refractivity contribution in [3.63, 3.8) is 0 Å². The third-order valence-electron chi connectivity index (χ3n) is 1.86. The van der Waals surface area contributed by atoms with Gasteiger partial charge in [0.05, 0.1) is 29.9 Å². The van der Waals surface area contributed by atoms with Crippen molar-refractivity contribution in [2.45, 2.75) is 11.8 Å². The number of rotatable bonds is 4. The summed E-state index contributed by atoms with van der Waals surface area (Å²) in [6, 6.07) is 3.45. The number of hydrogen-bond acceptors (Lipinski definition) is 5. The highest BCUT2D eigenvalue weighted by molar-refractivity contribution is 5.70. The largest absolute Gasteiger partial charge is 0.347 e. The molecule has 2 atom stereocenters. The average molecular weight is 202 g/mol. The predicted molar refractivity (Wildman–Crippen MR) is 47.4 cm³/mol. The summed E-state index contributed by atoms with van der Waals surface area (Å²) in [5.41, 5.74) is 0.331. The maximum absolute atomic E-state index is 10.5. The van der Waals surface area contributed by atoms with Crippen molar-refractivity contribution in [2.24, 2.45) is 0 Å². The highest BCUT2D eigenvalue weighted by Crippen LogP contribution is 2.20. The molecule has 6 nitrogen and oxygen atoms in total. The van der Waals surface area contributed by atoms with Crippen LogP contribution in [-0.2, 0) is 9.59 Å². The summed E-state index contributed by atoms with van der Waals surface area (Å²) < 4.78 is 0. The summed E-state index contributed by atoms with van der Waals surface area (Å²) in [6.45, 7) is 0. The number of aldehydes is 2. The van der Waals surface area contributed by atoms with Crippen molar-refractivity contribution in [3.05, 3.63) is 17.7 Å². The lowest BCUT2D eigenvalue weighted by Crippen LogP contribution is -2.06. The summed E-state index contributed by atoms with van der Waals surface area (Å²) in [7, 11) is 0. The van der Waals surface area contributed by atoms with E-state index in [1.54, 1.807) is 12.1 Å². The number of aromatic nitrogens is 2. The van der Waals surface area contributed by atoms with Crippen LogP contribution in [0.3, 0.4) is 0 Å². The Morgan fingerprint density at radius 1 is 1.27 bits per heavy atom. The minimum absolute atomic E-state index is 0.131. The van der Waals surface area contributed by atoms with Gasteiger partial charge in [0, 0.05) is 0 Å². The van der Waals surface area contributed by atoms with Crippen LogP contribution in [0.2, 0.25) is 0 Å². The fourth-order valence-corrected chi connectivity index (χ4v) is 1.13. The van der Waals surface area contributed by atoms with Crippen molar-refractivity contribution >= 4 is 12.6 Å². The zero-order valence-electron chi connectivity index (χ0n) is 7.54. The molecule has 6 heteroatoms. The average Bonchev–Trinajstić information content (AvgIpc) is 2.71. The fourth-order valence-electron chi connectivity index (χ4n) is 1.13. The van der Waals surface area contributed by atoms with Crippen LogP contribution in [0.25, 0.3) is 0 Å². The zero-order chi connectivity index (χ0) is 11.3. The molecule has 1 N–H and O–H groups in total. The molecule has 0 aliphatic heterocycles. The first kappa shape index (κ1) is 10.6. The van der Waals surface area contributed by atoms with Gasteiger partial charge in [-0.2, -0.15) is 10.5 Å². The van der Waals surface area contributed by atoms with Crippen LogP contribution < -0.4 is 0 Å².